The smallest absolute Gasteiger partial charge is 0.294 e. The summed E-state index contributed by atoms with van der Waals surface area (Å²) < 4.78 is 16.8. The van der Waals surface area contributed by atoms with Crippen molar-refractivity contribution in [3.05, 3.63) is 59.0 Å². The number of likely N-dealkylation sites (tertiary alicyclic amines) is 1. The molecule has 9 heteroatoms. The summed E-state index contributed by atoms with van der Waals surface area (Å²) in [5, 5.41) is -0.436. The maximum atomic E-state index is 12.8. The monoisotopic (exact) mass is 482 g/mol. The largest absolute Gasteiger partial charge is 0.493 e. The van der Waals surface area contributed by atoms with E-state index in [1.165, 1.54) is 7.11 Å². The summed E-state index contributed by atoms with van der Waals surface area (Å²) in [5.41, 5.74) is 0.682. The summed E-state index contributed by atoms with van der Waals surface area (Å²) in [5.74, 6) is 1.15. The molecule has 34 heavy (non-hydrogen) atoms. The molecule has 2 heterocycles. The third-order valence-corrected chi connectivity index (χ3v) is 6.37. The van der Waals surface area contributed by atoms with Crippen molar-refractivity contribution in [1.29, 1.82) is 0 Å². The fourth-order valence-electron chi connectivity index (χ4n) is 3.71. The molecule has 0 bridgehead atoms. The molecule has 2 fully saturated rings. The minimum Gasteiger partial charge on any atom is -0.493 e. The predicted molar refractivity (Wildman–Crippen MR) is 129 cm³/mol. The van der Waals surface area contributed by atoms with E-state index in [9.17, 15) is 14.4 Å². The Morgan fingerprint density at radius 1 is 1.00 bits per heavy atom. The van der Waals surface area contributed by atoms with Crippen LogP contribution in [-0.2, 0) is 9.59 Å². The van der Waals surface area contributed by atoms with Crippen LogP contribution in [-0.4, -0.2) is 66.8 Å². The standard InChI is InChI=1S/C25H26N2O6S/c1-31-21-15-18(9-10-20(21)33-14-13-32-19-7-3-2-4-8-19)16-22-24(29)27(25(30)34-22)17-23(28)26-11-5-6-12-26/h2-4,7-10,15-16H,5-6,11-14,17H2,1H3/b22-16-. The van der Waals surface area contributed by atoms with E-state index in [1.54, 1.807) is 29.2 Å². The number of para-hydroxylation sites is 1. The lowest BCUT2D eigenvalue weighted by Crippen LogP contribution is -2.40. The third-order valence-electron chi connectivity index (χ3n) is 5.46. The summed E-state index contributed by atoms with van der Waals surface area (Å²) in [4.78, 5) is 40.5. The first-order chi connectivity index (χ1) is 16.5. The number of benzene rings is 2. The summed E-state index contributed by atoms with van der Waals surface area (Å²) in [6.45, 7) is 1.84. The minimum absolute atomic E-state index is 0.194. The van der Waals surface area contributed by atoms with E-state index in [-0.39, 0.29) is 17.4 Å². The van der Waals surface area contributed by atoms with Crippen molar-refractivity contribution < 1.29 is 28.6 Å². The number of rotatable bonds is 9. The zero-order valence-corrected chi connectivity index (χ0v) is 19.7. The second-order valence-electron chi connectivity index (χ2n) is 7.78. The number of hydrogen-bond acceptors (Lipinski definition) is 7. The Morgan fingerprint density at radius 2 is 1.74 bits per heavy atom. The molecule has 178 valence electrons. The van der Waals surface area contributed by atoms with Gasteiger partial charge in [0.15, 0.2) is 11.5 Å². The van der Waals surface area contributed by atoms with Crippen LogP contribution in [0.15, 0.2) is 53.4 Å². The number of nitrogens with zero attached hydrogens (tertiary/aromatic N) is 2. The lowest BCUT2D eigenvalue weighted by atomic mass is 10.2. The maximum absolute atomic E-state index is 12.8. The van der Waals surface area contributed by atoms with Crippen molar-refractivity contribution >= 4 is 34.9 Å². The van der Waals surface area contributed by atoms with Gasteiger partial charge in [0.25, 0.3) is 11.1 Å². The Morgan fingerprint density at radius 3 is 2.47 bits per heavy atom. The highest BCUT2D eigenvalue weighted by molar-refractivity contribution is 8.18. The number of methoxy groups -OCH3 is 1. The summed E-state index contributed by atoms with van der Waals surface area (Å²) in [6.07, 6.45) is 3.53. The van der Waals surface area contributed by atoms with Crippen LogP contribution in [0.5, 0.6) is 17.2 Å². The second-order valence-corrected chi connectivity index (χ2v) is 8.77. The average molecular weight is 483 g/mol. The average Bonchev–Trinajstić information content (AvgIpc) is 3.48. The second kappa shape index (κ2) is 11.1. The molecule has 2 aromatic carbocycles. The zero-order chi connectivity index (χ0) is 23.9. The SMILES string of the molecule is COc1cc(/C=C2\SC(=O)N(CC(=O)N3CCCC3)C2=O)ccc1OCCOc1ccccc1. The van der Waals surface area contributed by atoms with Crippen LogP contribution in [0, 0.1) is 0 Å². The number of hydrogen-bond donors (Lipinski definition) is 0. The van der Waals surface area contributed by atoms with Gasteiger partial charge in [0.05, 0.1) is 12.0 Å². The molecule has 2 aliphatic rings. The van der Waals surface area contributed by atoms with Crippen LogP contribution in [0.4, 0.5) is 4.79 Å². The maximum Gasteiger partial charge on any atom is 0.294 e. The van der Waals surface area contributed by atoms with Gasteiger partial charge in [-0.15, -0.1) is 0 Å². The van der Waals surface area contributed by atoms with Crippen LogP contribution >= 0.6 is 11.8 Å². The molecule has 0 radical (unpaired) electrons. The number of ether oxygens (including phenoxy) is 3. The Labute approximate surface area is 202 Å². The van der Waals surface area contributed by atoms with Gasteiger partial charge < -0.3 is 19.1 Å². The first kappa shape index (κ1) is 23.7. The van der Waals surface area contributed by atoms with Crippen molar-refractivity contribution in [2.45, 2.75) is 12.8 Å². The van der Waals surface area contributed by atoms with Gasteiger partial charge in [0.2, 0.25) is 5.91 Å². The van der Waals surface area contributed by atoms with Gasteiger partial charge in [-0.1, -0.05) is 24.3 Å². The number of carbonyl (C=O) groups excluding carboxylic acids is 3. The number of carbonyl (C=O) groups is 3. The highest BCUT2D eigenvalue weighted by atomic mass is 32.2. The van der Waals surface area contributed by atoms with Crippen molar-refractivity contribution in [2.75, 3.05) is 40.0 Å². The first-order valence-corrected chi connectivity index (χ1v) is 11.9. The third kappa shape index (κ3) is 5.72. The molecule has 2 aliphatic heterocycles. The number of amides is 3. The molecule has 2 saturated heterocycles. The van der Waals surface area contributed by atoms with Crippen LogP contribution < -0.4 is 14.2 Å². The lowest BCUT2D eigenvalue weighted by Gasteiger charge is -2.18. The van der Waals surface area contributed by atoms with Gasteiger partial charge >= 0.3 is 0 Å². The van der Waals surface area contributed by atoms with E-state index < -0.39 is 11.1 Å². The molecule has 0 aliphatic carbocycles. The minimum atomic E-state index is -0.458. The Kier molecular flexibility index (Phi) is 7.74. The van der Waals surface area contributed by atoms with Crippen molar-refractivity contribution in [3.63, 3.8) is 0 Å². The van der Waals surface area contributed by atoms with Gasteiger partial charge in [-0.3, -0.25) is 19.3 Å². The van der Waals surface area contributed by atoms with Gasteiger partial charge in [0, 0.05) is 13.1 Å². The molecule has 0 atom stereocenters. The zero-order valence-electron chi connectivity index (χ0n) is 18.9. The summed E-state index contributed by atoms with van der Waals surface area (Å²) in [6, 6.07) is 14.7. The van der Waals surface area contributed by atoms with E-state index in [0.717, 1.165) is 35.3 Å². The molecule has 0 unspecified atom stereocenters. The Bertz CT molecular complexity index is 1080. The molecule has 8 nitrogen and oxygen atoms in total. The van der Waals surface area contributed by atoms with Crippen LogP contribution in [0.25, 0.3) is 6.08 Å². The normalized spacial score (nSPS) is 16.9. The van der Waals surface area contributed by atoms with E-state index in [1.807, 2.05) is 30.3 Å². The topological polar surface area (TPSA) is 85.4 Å². The fourth-order valence-corrected chi connectivity index (χ4v) is 4.55. The van der Waals surface area contributed by atoms with Gasteiger partial charge in [-0.2, -0.15) is 0 Å². The van der Waals surface area contributed by atoms with E-state index in [0.29, 0.717) is 43.4 Å². The van der Waals surface area contributed by atoms with E-state index >= 15 is 0 Å². The van der Waals surface area contributed by atoms with Crippen molar-refractivity contribution in [3.8, 4) is 17.2 Å². The fraction of sp³-hybridized carbons (Fsp3) is 0.320. The lowest BCUT2D eigenvalue weighted by molar-refractivity contribution is -0.135. The number of thioether (sulfide) groups is 1. The first-order valence-electron chi connectivity index (χ1n) is 11.1. The van der Waals surface area contributed by atoms with Crippen molar-refractivity contribution in [1.82, 2.24) is 9.80 Å². The molecule has 3 amide bonds. The van der Waals surface area contributed by atoms with Gasteiger partial charge in [0.1, 0.15) is 25.5 Å². The molecule has 2 aromatic rings. The molecule has 4 rings (SSSR count). The molecule has 0 saturated carbocycles. The van der Waals surface area contributed by atoms with Crippen LogP contribution in [0.1, 0.15) is 18.4 Å². The Balaban J connectivity index is 1.36. The molecular weight excluding hydrogens is 456 g/mol. The molecule has 0 N–H and O–H groups in total. The quantitative estimate of drug-likeness (QED) is 0.397. The highest BCUT2D eigenvalue weighted by Crippen LogP contribution is 2.34. The number of imide groups is 1. The summed E-state index contributed by atoms with van der Waals surface area (Å²) in [7, 11) is 1.53. The molecular formula is C25H26N2O6S. The van der Waals surface area contributed by atoms with E-state index in [4.69, 9.17) is 14.2 Å². The molecule has 0 spiro atoms. The van der Waals surface area contributed by atoms with Crippen molar-refractivity contribution in [2.24, 2.45) is 0 Å². The van der Waals surface area contributed by atoms with Gasteiger partial charge in [-0.25, -0.2) is 0 Å². The van der Waals surface area contributed by atoms with Crippen LogP contribution in [0.3, 0.4) is 0 Å². The van der Waals surface area contributed by atoms with E-state index in [2.05, 4.69) is 0 Å². The highest BCUT2D eigenvalue weighted by Gasteiger charge is 2.37. The van der Waals surface area contributed by atoms with Gasteiger partial charge in [-0.05, 0) is 60.5 Å². The molecule has 0 aromatic heterocycles. The predicted octanol–water partition coefficient (Wildman–Crippen LogP) is 3.81. The van der Waals surface area contributed by atoms with Crippen LogP contribution in [0.2, 0.25) is 0 Å². The summed E-state index contributed by atoms with van der Waals surface area (Å²) >= 11 is 0.833. The Hall–Kier alpha value is -3.46.